The molecule has 1 rings (SSSR count). The van der Waals surface area contributed by atoms with Gasteiger partial charge in [-0.15, -0.1) is 0 Å². The van der Waals surface area contributed by atoms with E-state index in [9.17, 15) is 0 Å². The summed E-state index contributed by atoms with van der Waals surface area (Å²) in [6.07, 6.45) is 1.07. The maximum Gasteiger partial charge on any atom is 0.0453 e. The third-order valence-corrected chi connectivity index (χ3v) is 2.81. The summed E-state index contributed by atoms with van der Waals surface area (Å²) < 4.78 is 0. The third-order valence-electron chi connectivity index (χ3n) is 2.46. The van der Waals surface area contributed by atoms with Crippen molar-refractivity contribution >= 4 is 11.6 Å². The van der Waals surface area contributed by atoms with Crippen LogP contribution in [0.5, 0.6) is 0 Å². The fourth-order valence-electron chi connectivity index (χ4n) is 1.61. The molecule has 0 aromatic heterocycles. The molecule has 1 aromatic carbocycles. The van der Waals surface area contributed by atoms with Gasteiger partial charge in [-0.05, 0) is 30.5 Å². The number of rotatable bonds is 5. The Balaban J connectivity index is 2.70. The molecule has 0 bridgehead atoms. The summed E-state index contributed by atoms with van der Waals surface area (Å²) in [5.74, 6) is 0.668. The van der Waals surface area contributed by atoms with Crippen molar-refractivity contribution in [3.05, 3.63) is 34.9 Å². The van der Waals surface area contributed by atoms with E-state index in [1.165, 1.54) is 5.56 Å². The van der Waals surface area contributed by atoms with Crippen molar-refractivity contribution in [2.24, 2.45) is 5.92 Å². The SMILES string of the molecule is CC[C@@H](NCC(C)C)c1ccccc1Cl. The molecule has 0 amide bonds. The minimum Gasteiger partial charge on any atom is -0.310 e. The highest BCUT2D eigenvalue weighted by molar-refractivity contribution is 6.31. The van der Waals surface area contributed by atoms with Crippen LogP contribution in [0.25, 0.3) is 0 Å². The van der Waals surface area contributed by atoms with E-state index in [4.69, 9.17) is 11.6 Å². The number of hydrogen-bond acceptors (Lipinski definition) is 1. The Morgan fingerprint density at radius 2 is 1.93 bits per heavy atom. The molecular formula is C13H20ClN. The third kappa shape index (κ3) is 3.84. The summed E-state index contributed by atoms with van der Waals surface area (Å²) in [7, 11) is 0. The summed E-state index contributed by atoms with van der Waals surface area (Å²) in [6.45, 7) is 7.64. The molecule has 1 N–H and O–H groups in total. The summed E-state index contributed by atoms with van der Waals surface area (Å²) in [4.78, 5) is 0. The first-order valence-corrected chi connectivity index (χ1v) is 6.00. The van der Waals surface area contributed by atoms with Crippen molar-refractivity contribution in [1.82, 2.24) is 5.32 Å². The van der Waals surface area contributed by atoms with Crippen LogP contribution in [-0.2, 0) is 0 Å². The monoisotopic (exact) mass is 225 g/mol. The fourth-order valence-corrected chi connectivity index (χ4v) is 1.88. The smallest absolute Gasteiger partial charge is 0.0453 e. The average Bonchev–Trinajstić information content (AvgIpc) is 2.21. The Hall–Kier alpha value is -0.530. The van der Waals surface area contributed by atoms with Gasteiger partial charge in [-0.2, -0.15) is 0 Å². The predicted octanol–water partition coefficient (Wildman–Crippen LogP) is 4.04. The van der Waals surface area contributed by atoms with E-state index in [-0.39, 0.29) is 0 Å². The molecule has 0 aliphatic carbocycles. The first-order valence-electron chi connectivity index (χ1n) is 5.63. The number of nitrogens with one attached hydrogen (secondary N) is 1. The Morgan fingerprint density at radius 3 is 2.47 bits per heavy atom. The maximum absolute atomic E-state index is 6.17. The van der Waals surface area contributed by atoms with Crippen LogP contribution in [0, 0.1) is 5.92 Å². The van der Waals surface area contributed by atoms with Crippen LogP contribution < -0.4 is 5.32 Å². The van der Waals surface area contributed by atoms with Crippen molar-refractivity contribution < 1.29 is 0 Å². The summed E-state index contributed by atoms with van der Waals surface area (Å²) in [5, 5.41) is 4.40. The lowest BCUT2D eigenvalue weighted by Crippen LogP contribution is -2.25. The highest BCUT2D eigenvalue weighted by atomic mass is 35.5. The zero-order valence-corrected chi connectivity index (χ0v) is 10.5. The minimum atomic E-state index is 0.376. The lowest BCUT2D eigenvalue weighted by Gasteiger charge is -2.19. The molecule has 84 valence electrons. The zero-order valence-electron chi connectivity index (χ0n) is 9.76. The van der Waals surface area contributed by atoms with Crippen LogP contribution >= 0.6 is 11.6 Å². The Morgan fingerprint density at radius 1 is 1.27 bits per heavy atom. The molecule has 0 aliphatic heterocycles. The quantitative estimate of drug-likeness (QED) is 0.798. The lowest BCUT2D eigenvalue weighted by molar-refractivity contribution is 0.465. The van der Waals surface area contributed by atoms with Crippen LogP contribution in [0.3, 0.4) is 0 Å². The Kier molecular flexibility index (Phi) is 5.13. The van der Waals surface area contributed by atoms with Crippen molar-refractivity contribution in [2.45, 2.75) is 33.2 Å². The van der Waals surface area contributed by atoms with E-state index < -0.39 is 0 Å². The highest BCUT2D eigenvalue weighted by Gasteiger charge is 2.11. The van der Waals surface area contributed by atoms with Gasteiger partial charge in [-0.1, -0.05) is 50.6 Å². The second-order valence-corrected chi connectivity index (χ2v) is 4.69. The van der Waals surface area contributed by atoms with Crippen LogP contribution in [0.1, 0.15) is 38.8 Å². The zero-order chi connectivity index (χ0) is 11.3. The molecule has 0 saturated heterocycles. The van der Waals surface area contributed by atoms with Gasteiger partial charge in [0.05, 0.1) is 0 Å². The van der Waals surface area contributed by atoms with Crippen LogP contribution in [0.2, 0.25) is 5.02 Å². The first-order chi connectivity index (χ1) is 7.15. The van der Waals surface area contributed by atoms with Crippen LogP contribution in [0.4, 0.5) is 0 Å². The molecule has 0 spiro atoms. The summed E-state index contributed by atoms with van der Waals surface area (Å²) >= 11 is 6.17. The number of halogens is 1. The van der Waals surface area contributed by atoms with Crippen LogP contribution in [-0.4, -0.2) is 6.54 Å². The number of hydrogen-bond donors (Lipinski definition) is 1. The molecule has 1 aromatic rings. The van der Waals surface area contributed by atoms with E-state index in [1.54, 1.807) is 0 Å². The van der Waals surface area contributed by atoms with Crippen molar-refractivity contribution in [2.75, 3.05) is 6.54 Å². The van der Waals surface area contributed by atoms with Gasteiger partial charge >= 0.3 is 0 Å². The van der Waals surface area contributed by atoms with E-state index in [1.807, 2.05) is 18.2 Å². The molecule has 0 radical (unpaired) electrons. The maximum atomic E-state index is 6.17. The second kappa shape index (κ2) is 6.14. The van der Waals surface area contributed by atoms with Gasteiger partial charge in [0.15, 0.2) is 0 Å². The van der Waals surface area contributed by atoms with Gasteiger partial charge in [0.25, 0.3) is 0 Å². The molecular weight excluding hydrogens is 206 g/mol. The molecule has 0 aliphatic rings. The van der Waals surface area contributed by atoms with Crippen molar-refractivity contribution in [3.63, 3.8) is 0 Å². The largest absolute Gasteiger partial charge is 0.310 e. The van der Waals surface area contributed by atoms with Gasteiger partial charge in [-0.3, -0.25) is 0 Å². The van der Waals surface area contributed by atoms with Crippen molar-refractivity contribution in [1.29, 1.82) is 0 Å². The van der Waals surface area contributed by atoms with E-state index >= 15 is 0 Å². The average molecular weight is 226 g/mol. The molecule has 15 heavy (non-hydrogen) atoms. The normalized spacial score (nSPS) is 13.1. The van der Waals surface area contributed by atoms with Gasteiger partial charge in [0.2, 0.25) is 0 Å². The Labute approximate surface area is 97.8 Å². The molecule has 0 saturated carbocycles. The molecule has 2 heteroatoms. The standard InChI is InChI=1S/C13H20ClN/c1-4-13(15-9-10(2)3)11-7-5-6-8-12(11)14/h5-8,10,13,15H,4,9H2,1-3H3/t13-/m1/s1. The predicted molar refractivity (Wildman–Crippen MR) is 67.3 cm³/mol. The minimum absolute atomic E-state index is 0.376. The van der Waals surface area contributed by atoms with E-state index in [0.29, 0.717) is 12.0 Å². The second-order valence-electron chi connectivity index (χ2n) is 4.28. The Bertz CT molecular complexity index is 296. The van der Waals surface area contributed by atoms with Gasteiger partial charge < -0.3 is 5.32 Å². The molecule has 1 atom stereocenters. The topological polar surface area (TPSA) is 12.0 Å². The molecule has 1 nitrogen and oxygen atoms in total. The van der Waals surface area contributed by atoms with Crippen molar-refractivity contribution in [3.8, 4) is 0 Å². The van der Waals surface area contributed by atoms with E-state index in [2.05, 4.69) is 32.2 Å². The van der Waals surface area contributed by atoms with E-state index in [0.717, 1.165) is 18.0 Å². The first kappa shape index (κ1) is 12.5. The molecule has 0 unspecified atom stereocenters. The fraction of sp³-hybridized carbons (Fsp3) is 0.538. The summed E-state index contributed by atoms with van der Waals surface area (Å²) in [5.41, 5.74) is 1.21. The van der Waals surface area contributed by atoms with Crippen LogP contribution in [0.15, 0.2) is 24.3 Å². The van der Waals surface area contributed by atoms with Gasteiger partial charge in [0.1, 0.15) is 0 Å². The van der Waals surface area contributed by atoms with Gasteiger partial charge in [-0.25, -0.2) is 0 Å². The molecule has 0 heterocycles. The summed E-state index contributed by atoms with van der Waals surface area (Å²) in [6, 6.07) is 8.45. The lowest BCUT2D eigenvalue weighted by atomic mass is 10.0. The molecule has 0 fully saturated rings. The van der Waals surface area contributed by atoms with Gasteiger partial charge in [0, 0.05) is 11.1 Å². The highest BCUT2D eigenvalue weighted by Crippen LogP contribution is 2.24. The number of benzene rings is 1.